The SMILES string of the molecule is CCCC(CCC)C(CC)O[SiH3]. The Morgan fingerprint density at radius 2 is 1.58 bits per heavy atom. The van der Waals surface area contributed by atoms with Gasteiger partial charge in [-0.2, -0.15) is 0 Å². The minimum atomic E-state index is 0.552. The first-order valence-corrected chi connectivity index (χ1v) is 6.14. The monoisotopic (exact) mass is 188 g/mol. The molecule has 0 aliphatic carbocycles. The van der Waals surface area contributed by atoms with E-state index in [-0.39, 0.29) is 0 Å². The first kappa shape index (κ1) is 12.2. The van der Waals surface area contributed by atoms with Gasteiger partial charge in [-0.3, -0.25) is 0 Å². The van der Waals surface area contributed by atoms with Crippen LogP contribution in [0.5, 0.6) is 0 Å². The van der Waals surface area contributed by atoms with Crippen molar-refractivity contribution in [3.63, 3.8) is 0 Å². The Kier molecular flexibility index (Phi) is 7.92. The van der Waals surface area contributed by atoms with Crippen LogP contribution in [-0.4, -0.2) is 16.6 Å². The van der Waals surface area contributed by atoms with Gasteiger partial charge in [0.15, 0.2) is 0 Å². The van der Waals surface area contributed by atoms with Gasteiger partial charge in [-0.15, -0.1) is 0 Å². The van der Waals surface area contributed by atoms with Crippen molar-refractivity contribution in [1.29, 1.82) is 0 Å². The third-order valence-electron chi connectivity index (χ3n) is 2.55. The van der Waals surface area contributed by atoms with Crippen molar-refractivity contribution < 1.29 is 4.43 Å². The Bertz CT molecular complexity index is 85.8. The zero-order valence-corrected chi connectivity index (χ0v) is 11.1. The second kappa shape index (κ2) is 7.81. The number of hydrogen-bond donors (Lipinski definition) is 0. The highest BCUT2D eigenvalue weighted by atomic mass is 28.2. The molecule has 2 heteroatoms. The topological polar surface area (TPSA) is 9.23 Å². The fourth-order valence-electron chi connectivity index (χ4n) is 1.95. The van der Waals surface area contributed by atoms with E-state index in [0.29, 0.717) is 6.10 Å². The predicted molar refractivity (Wildman–Crippen MR) is 58.4 cm³/mol. The van der Waals surface area contributed by atoms with E-state index in [4.69, 9.17) is 4.43 Å². The molecule has 1 unspecified atom stereocenters. The van der Waals surface area contributed by atoms with Gasteiger partial charge in [0.25, 0.3) is 0 Å². The third kappa shape index (κ3) is 4.26. The van der Waals surface area contributed by atoms with Crippen molar-refractivity contribution in [2.24, 2.45) is 5.92 Å². The summed E-state index contributed by atoms with van der Waals surface area (Å²) in [6.45, 7) is 6.77. The summed E-state index contributed by atoms with van der Waals surface area (Å²) in [6.07, 6.45) is 7.02. The predicted octanol–water partition coefficient (Wildman–Crippen LogP) is 2.28. The first-order chi connectivity index (χ1) is 5.79. The Hall–Kier alpha value is 0.177. The fourth-order valence-corrected chi connectivity index (χ4v) is 2.67. The molecule has 0 fully saturated rings. The maximum absolute atomic E-state index is 5.61. The van der Waals surface area contributed by atoms with Gasteiger partial charge in [-0.25, -0.2) is 0 Å². The molecule has 0 aliphatic heterocycles. The van der Waals surface area contributed by atoms with E-state index >= 15 is 0 Å². The zero-order valence-electron chi connectivity index (χ0n) is 9.10. The molecule has 0 radical (unpaired) electrons. The first-order valence-electron chi connectivity index (χ1n) is 5.32. The van der Waals surface area contributed by atoms with Crippen LogP contribution < -0.4 is 0 Å². The number of hydrogen-bond acceptors (Lipinski definition) is 1. The normalized spacial score (nSPS) is 14.0. The van der Waals surface area contributed by atoms with Crippen LogP contribution in [0, 0.1) is 5.92 Å². The zero-order chi connectivity index (χ0) is 9.40. The van der Waals surface area contributed by atoms with Gasteiger partial charge >= 0.3 is 0 Å². The van der Waals surface area contributed by atoms with Gasteiger partial charge in [-0.1, -0.05) is 33.6 Å². The maximum atomic E-state index is 5.61. The second-order valence-corrected chi connectivity index (χ2v) is 3.99. The molecule has 1 atom stereocenters. The largest absolute Gasteiger partial charge is 0.425 e. The van der Waals surface area contributed by atoms with Crippen LogP contribution in [0.3, 0.4) is 0 Å². The maximum Gasteiger partial charge on any atom is 0.146 e. The van der Waals surface area contributed by atoms with Gasteiger partial charge < -0.3 is 4.43 Å². The summed E-state index contributed by atoms with van der Waals surface area (Å²) < 4.78 is 5.61. The Labute approximate surface area is 80.4 Å². The highest BCUT2D eigenvalue weighted by Gasteiger charge is 2.16. The Balaban J connectivity index is 3.86. The molecule has 12 heavy (non-hydrogen) atoms. The summed E-state index contributed by atoms with van der Waals surface area (Å²) in [5.74, 6) is 0.822. The van der Waals surface area contributed by atoms with Crippen molar-refractivity contribution in [1.82, 2.24) is 0 Å². The second-order valence-electron chi connectivity index (χ2n) is 3.52. The van der Waals surface area contributed by atoms with E-state index < -0.39 is 0 Å². The van der Waals surface area contributed by atoms with Crippen molar-refractivity contribution in [3.8, 4) is 0 Å². The number of rotatable bonds is 7. The van der Waals surface area contributed by atoms with E-state index in [0.717, 1.165) is 16.4 Å². The lowest BCUT2D eigenvalue weighted by molar-refractivity contribution is 0.128. The molecule has 0 heterocycles. The molecule has 0 rings (SSSR count). The smallest absolute Gasteiger partial charge is 0.146 e. The summed E-state index contributed by atoms with van der Waals surface area (Å²) in [7, 11) is 0.894. The van der Waals surface area contributed by atoms with Crippen LogP contribution in [0.1, 0.15) is 52.9 Å². The lowest BCUT2D eigenvalue weighted by Crippen LogP contribution is -2.22. The lowest BCUT2D eigenvalue weighted by atomic mass is 9.91. The van der Waals surface area contributed by atoms with Crippen LogP contribution in [0.2, 0.25) is 0 Å². The van der Waals surface area contributed by atoms with E-state index in [1.807, 2.05) is 0 Å². The molecule has 0 amide bonds. The third-order valence-corrected chi connectivity index (χ3v) is 3.16. The summed E-state index contributed by atoms with van der Waals surface area (Å²) >= 11 is 0. The summed E-state index contributed by atoms with van der Waals surface area (Å²) in [6, 6.07) is 0. The van der Waals surface area contributed by atoms with Gasteiger partial charge in [0.1, 0.15) is 10.5 Å². The highest BCUT2D eigenvalue weighted by molar-refractivity contribution is 5.98. The van der Waals surface area contributed by atoms with Gasteiger partial charge in [0, 0.05) is 6.10 Å². The van der Waals surface area contributed by atoms with E-state index in [9.17, 15) is 0 Å². The fraction of sp³-hybridized carbons (Fsp3) is 1.00. The molecule has 0 aromatic rings. The molecule has 0 aromatic carbocycles. The summed E-state index contributed by atoms with van der Waals surface area (Å²) in [5.41, 5.74) is 0. The van der Waals surface area contributed by atoms with E-state index in [1.54, 1.807) is 0 Å². The van der Waals surface area contributed by atoms with Gasteiger partial charge in [0.05, 0.1) is 0 Å². The Morgan fingerprint density at radius 3 is 1.83 bits per heavy atom. The standard InChI is InChI=1S/C10H24OSi/c1-4-7-9(8-5-2)10(6-3)11-12/h9-10H,4-8H2,1-3,12H3. The summed E-state index contributed by atoms with van der Waals surface area (Å²) in [5, 5.41) is 0. The molecule has 0 bridgehead atoms. The quantitative estimate of drug-likeness (QED) is 0.557. The molecule has 0 N–H and O–H groups in total. The molecule has 0 aromatic heterocycles. The summed E-state index contributed by atoms with van der Waals surface area (Å²) in [4.78, 5) is 0. The molecule has 0 aliphatic rings. The molecule has 0 saturated carbocycles. The average molecular weight is 188 g/mol. The van der Waals surface area contributed by atoms with Crippen LogP contribution >= 0.6 is 0 Å². The minimum Gasteiger partial charge on any atom is -0.425 e. The van der Waals surface area contributed by atoms with Crippen molar-refractivity contribution >= 4 is 10.5 Å². The minimum absolute atomic E-state index is 0.552. The van der Waals surface area contributed by atoms with Crippen LogP contribution in [0.15, 0.2) is 0 Å². The molecule has 74 valence electrons. The van der Waals surface area contributed by atoms with Gasteiger partial charge in [-0.05, 0) is 25.2 Å². The molecular weight excluding hydrogens is 164 g/mol. The lowest BCUT2D eigenvalue weighted by Gasteiger charge is -2.24. The van der Waals surface area contributed by atoms with Crippen molar-refractivity contribution in [2.45, 2.75) is 59.0 Å². The van der Waals surface area contributed by atoms with Crippen molar-refractivity contribution in [3.05, 3.63) is 0 Å². The van der Waals surface area contributed by atoms with Crippen LogP contribution in [0.4, 0.5) is 0 Å². The molecule has 1 nitrogen and oxygen atoms in total. The molecular formula is C10H24OSi. The van der Waals surface area contributed by atoms with E-state index in [1.165, 1.54) is 32.1 Å². The van der Waals surface area contributed by atoms with E-state index in [2.05, 4.69) is 20.8 Å². The van der Waals surface area contributed by atoms with Gasteiger partial charge in [0.2, 0.25) is 0 Å². The van der Waals surface area contributed by atoms with Crippen LogP contribution in [0.25, 0.3) is 0 Å². The molecule has 0 spiro atoms. The highest BCUT2D eigenvalue weighted by Crippen LogP contribution is 2.21. The van der Waals surface area contributed by atoms with Crippen LogP contribution in [-0.2, 0) is 4.43 Å². The Morgan fingerprint density at radius 1 is 1.08 bits per heavy atom. The molecule has 0 saturated heterocycles. The van der Waals surface area contributed by atoms with Crippen molar-refractivity contribution in [2.75, 3.05) is 0 Å². The average Bonchev–Trinajstić information content (AvgIpc) is 2.07.